The van der Waals surface area contributed by atoms with Crippen molar-refractivity contribution in [1.29, 1.82) is 0 Å². The summed E-state index contributed by atoms with van der Waals surface area (Å²) in [7, 11) is 0. The van der Waals surface area contributed by atoms with Crippen LogP contribution in [0.3, 0.4) is 0 Å². The number of ether oxygens (including phenoxy) is 1. The third kappa shape index (κ3) is 9.10. The van der Waals surface area contributed by atoms with Crippen molar-refractivity contribution >= 4 is 0 Å². The third-order valence-electron chi connectivity index (χ3n) is 2.30. The number of hydrogen-bond acceptors (Lipinski definition) is 2. The molecule has 0 fully saturated rings. The highest BCUT2D eigenvalue weighted by atomic mass is 19.4. The summed E-state index contributed by atoms with van der Waals surface area (Å²) in [6, 6.07) is 0. The van der Waals surface area contributed by atoms with E-state index in [1.165, 1.54) is 0 Å². The molecule has 0 spiro atoms. The van der Waals surface area contributed by atoms with E-state index in [1.54, 1.807) is 0 Å². The minimum Gasteiger partial charge on any atom is -0.361 e. The molecule has 19 heavy (non-hydrogen) atoms. The quantitative estimate of drug-likeness (QED) is 0.518. The number of nitrogens with one attached hydrogen (secondary N) is 1. The highest BCUT2D eigenvalue weighted by molar-refractivity contribution is 4.75. The average molecular weight is 295 g/mol. The lowest BCUT2D eigenvalue weighted by Crippen LogP contribution is -2.44. The van der Waals surface area contributed by atoms with Gasteiger partial charge in [-0.25, -0.2) is 0 Å². The maximum atomic E-state index is 12.1. The minimum absolute atomic E-state index is 0.177. The van der Waals surface area contributed by atoms with Gasteiger partial charge in [0.25, 0.3) is 0 Å². The Morgan fingerprint density at radius 2 is 1.47 bits per heavy atom. The minimum atomic E-state index is -5.42. The van der Waals surface area contributed by atoms with Gasteiger partial charge in [0, 0.05) is 6.61 Å². The van der Waals surface area contributed by atoms with Crippen LogP contribution in [-0.2, 0) is 4.74 Å². The van der Waals surface area contributed by atoms with E-state index in [0.29, 0.717) is 19.4 Å². The lowest BCUT2D eigenvalue weighted by atomic mass is 10.2. The standard InChI is InChI=1S/C11H19F6NO/c1-2-6-18-7-4-3-5-8-19-9(10(12,13)14)11(15,16)17/h9,18H,2-8H2,1H3. The summed E-state index contributed by atoms with van der Waals surface area (Å²) >= 11 is 0. The molecule has 0 saturated heterocycles. The molecule has 0 atom stereocenters. The predicted octanol–water partition coefficient (Wildman–Crippen LogP) is 3.67. The normalized spacial score (nSPS) is 13.3. The Labute approximate surface area is 108 Å². The molecular weight excluding hydrogens is 276 g/mol. The smallest absolute Gasteiger partial charge is 0.361 e. The van der Waals surface area contributed by atoms with Gasteiger partial charge in [-0.1, -0.05) is 6.92 Å². The van der Waals surface area contributed by atoms with Crippen LogP contribution >= 0.6 is 0 Å². The summed E-state index contributed by atoms with van der Waals surface area (Å²) in [5, 5.41) is 3.08. The van der Waals surface area contributed by atoms with Crippen molar-refractivity contribution < 1.29 is 31.1 Å². The molecule has 0 aromatic carbocycles. The van der Waals surface area contributed by atoms with Crippen LogP contribution in [0.15, 0.2) is 0 Å². The lowest BCUT2D eigenvalue weighted by molar-refractivity contribution is -0.321. The first-order valence-electron chi connectivity index (χ1n) is 6.15. The number of unbranched alkanes of at least 4 members (excludes halogenated alkanes) is 2. The van der Waals surface area contributed by atoms with Crippen molar-refractivity contribution in [3.63, 3.8) is 0 Å². The van der Waals surface area contributed by atoms with E-state index in [9.17, 15) is 26.3 Å². The van der Waals surface area contributed by atoms with Crippen LogP contribution in [0, 0.1) is 0 Å². The first-order chi connectivity index (χ1) is 8.69. The summed E-state index contributed by atoms with van der Waals surface area (Å²) in [6.07, 6.45) is -12.1. The van der Waals surface area contributed by atoms with Crippen LogP contribution in [0.25, 0.3) is 0 Å². The highest BCUT2D eigenvalue weighted by Gasteiger charge is 2.57. The first-order valence-corrected chi connectivity index (χ1v) is 6.15. The number of hydrogen-bond donors (Lipinski definition) is 1. The fourth-order valence-electron chi connectivity index (χ4n) is 1.41. The van der Waals surface area contributed by atoms with E-state index >= 15 is 0 Å². The third-order valence-corrected chi connectivity index (χ3v) is 2.30. The highest BCUT2D eigenvalue weighted by Crippen LogP contribution is 2.35. The zero-order valence-corrected chi connectivity index (χ0v) is 10.7. The molecule has 0 radical (unpaired) electrons. The number of halogens is 6. The zero-order chi connectivity index (χ0) is 14.9. The Morgan fingerprint density at radius 1 is 0.895 bits per heavy atom. The first kappa shape index (κ1) is 18.5. The lowest BCUT2D eigenvalue weighted by Gasteiger charge is -2.23. The van der Waals surface area contributed by atoms with Crippen molar-refractivity contribution in [2.24, 2.45) is 0 Å². The maximum Gasteiger partial charge on any atom is 0.423 e. The Kier molecular flexibility index (Phi) is 8.40. The second-order valence-electron chi connectivity index (χ2n) is 4.14. The van der Waals surface area contributed by atoms with Gasteiger partial charge in [-0.2, -0.15) is 26.3 Å². The SMILES string of the molecule is CCCNCCCCCOC(C(F)(F)F)C(F)(F)F. The Morgan fingerprint density at radius 3 is 1.95 bits per heavy atom. The van der Waals surface area contributed by atoms with Crippen molar-refractivity contribution in [1.82, 2.24) is 5.32 Å². The van der Waals surface area contributed by atoms with E-state index in [4.69, 9.17) is 0 Å². The molecule has 0 aliphatic heterocycles. The molecule has 0 aromatic heterocycles. The van der Waals surface area contributed by atoms with E-state index in [2.05, 4.69) is 10.1 Å². The summed E-state index contributed by atoms with van der Waals surface area (Å²) in [6.45, 7) is 3.00. The second-order valence-corrected chi connectivity index (χ2v) is 4.14. The molecule has 0 unspecified atom stereocenters. The van der Waals surface area contributed by atoms with E-state index in [0.717, 1.165) is 13.0 Å². The predicted molar refractivity (Wildman–Crippen MR) is 58.9 cm³/mol. The molecule has 1 N–H and O–H groups in total. The van der Waals surface area contributed by atoms with Gasteiger partial charge in [0.2, 0.25) is 6.10 Å². The van der Waals surface area contributed by atoms with Gasteiger partial charge in [0.15, 0.2) is 0 Å². The van der Waals surface area contributed by atoms with Crippen molar-refractivity contribution in [3.05, 3.63) is 0 Å². The summed E-state index contributed by atoms with van der Waals surface area (Å²) in [4.78, 5) is 0. The molecule has 0 aromatic rings. The number of alkyl halides is 6. The molecule has 0 aliphatic carbocycles. The van der Waals surface area contributed by atoms with Crippen molar-refractivity contribution in [2.45, 2.75) is 51.1 Å². The maximum absolute atomic E-state index is 12.1. The molecule has 8 heteroatoms. The zero-order valence-electron chi connectivity index (χ0n) is 10.7. The molecule has 2 nitrogen and oxygen atoms in total. The van der Waals surface area contributed by atoms with Crippen LogP contribution in [0.2, 0.25) is 0 Å². The Balaban J connectivity index is 3.78. The van der Waals surface area contributed by atoms with Crippen LogP contribution in [0.5, 0.6) is 0 Å². The molecule has 0 amide bonds. The molecule has 0 saturated carbocycles. The van der Waals surface area contributed by atoms with Crippen molar-refractivity contribution in [2.75, 3.05) is 19.7 Å². The van der Waals surface area contributed by atoms with E-state index < -0.39 is 25.1 Å². The Hall–Kier alpha value is -0.500. The van der Waals surface area contributed by atoms with Gasteiger partial charge in [0.1, 0.15) is 0 Å². The molecule has 0 bridgehead atoms. The summed E-state index contributed by atoms with van der Waals surface area (Å²) in [5.74, 6) is 0. The van der Waals surface area contributed by atoms with Crippen LogP contribution < -0.4 is 5.32 Å². The topological polar surface area (TPSA) is 21.3 Å². The molecule has 0 aliphatic rings. The van der Waals surface area contributed by atoms with Gasteiger partial charge in [-0.05, 0) is 38.8 Å². The molecular formula is C11H19F6NO. The molecule has 116 valence electrons. The van der Waals surface area contributed by atoms with Crippen molar-refractivity contribution in [3.8, 4) is 0 Å². The second kappa shape index (κ2) is 8.63. The number of rotatable bonds is 9. The van der Waals surface area contributed by atoms with Gasteiger partial charge >= 0.3 is 12.4 Å². The van der Waals surface area contributed by atoms with Gasteiger partial charge in [0.05, 0.1) is 0 Å². The van der Waals surface area contributed by atoms with Crippen LogP contribution in [0.4, 0.5) is 26.3 Å². The van der Waals surface area contributed by atoms with Crippen LogP contribution in [-0.4, -0.2) is 38.2 Å². The van der Waals surface area contributed by atoms with Crippen LogP contribution in [0.1, 0.15) is 32.6 Å². The summed E-state index contributed by atoms with van der Waals surface area (Å²) < 4.78 is 76.4. The fraction of sp³-hybridized carbons (Fsp3) is 1.00. The van der Waals surface area contributed by atoms with E-state index in [1.807, 2.05) is 6.92 Å². The van der Waals surface area contributed by atoms with E-state index in [-0.39, 0.29) is 6.42 Å². The molecule has 0 rings (SSSR count). The van der Waals surface area contributed by atoms with Gasteiger partial charge in [-0.3, -0.25) is 0 Å². The largest absolute Gasteiger partial charge is 0.423 e. The summed E-state index contributed by atoms with van der Waals surface area (Å²) in [5.41, 5.74) is 0. The van der Waals surface area contributed by atoms with Gasteiger partial charge < -0.3 is 10.1 Å². The Bertz CT molecular complexity index is 214. The van der Waals surface area contributed by atoms with Gasteiger partial charge in [-0.15, -0.1) is 0 Å². The monoisotopic (exact) mass is 295 g/mol. The average Bonchev–Trinajstić information content (AvgIpc) is 2.23. The fourth-order valence-corrected chi connectivity index (χ4v) is 1.41. The molecule has 0 heterocycles.